The smallest absolute Gasteiger partial charge is 0.347 e. The van der Waals surface area contributed by atoms with Crippen LogP contribution in [0.4, 0.5) is 24.0 Å². The number of halogens is 3. The molecule has 3 aromatic heterocycles. The number of non-ortho nitro benzene ring substituents is 1. The van der Waals surface area contributed by atoms with Gasteiger partial charge in [0.05, 0.1) is 21.6 Å². The SMILES string of the molecule is Cc1ccn2c(C(=O)NCc3ccc(C(=O)N4CCN(c5nc(=O)c6cc(C(F)(F)F)cc([N+](=O)[O-])c6s5)CC4)cc3)c(C)nc2c1. The fourth-order valence-electron chi connectivity index (χ4n) is 5.43. The van der Waals surface area contributed by atoms with Crippen LogP contribution in [0.5, 0.6) is 0 Å². The number of pyridine rings is 1. The van der Waals surface area contributed by atoms with Gasteiger partial charge in [-0.15, -0.1) is 0 Å². The summed E-state index contributed by atoms with van der Waals surface area (Å²) >= 11 is 0.764. The van der Waals surface area contributed by atoms with E-state index in [0.717, 1.165) is 22.5 Å². The lowest BCUT2D eigenvalue weighted by molar-refractivity contribution is -0.383. The molecule has 1 aliphatic rings. The maximum atomic E-state index is 13.3. The second-order valence-corrected chi connectivity index (χ2v) is 12.0. The molecule has 0 radical (unpaired) electrons. The highest BCUT2D eigenvalue weighted by molar-refractivity contribution is 7.22. The first-order chi connectivity index (χ1) is 22.3. The molecule has 6 rings (SSSR count). The molecule has 1 saturated heterocycles. The standard InChI is InChI=1S/C31H26F3N7O5S/c1-17-7-8-40-24(13-17)36-18(2)25(40)28(43)35-16-19-3-5-20(6-4-19)29(44)38-9-11-39(12-10-38)30-37-27(42)22-14-21(31(32,33)34)15-23(41(45)46)26(22)47-30/h3-8,13-15H,9-12,16H2,1-2H3,(H,35,43). The summed E-state index contributed by atoms with van der Waals surface area (Å²) in [6, 6.07) is 11.6. The predicted octanol–water partition coefficient (Wildman–Crippen LogP) is 4.74. The lowest BCUT2D eigenvalue weighted by Gasteiger charge is -2.35. The minimum Gasteiger partial charge on any atom is -0.347 e. The molecule has 242 valence electrons. The number of rotatable bonds is 6. The predicted molar refractivity (Wildman–Crippen MR) is 168 cm³/mol. The third-order valence-electron chi connectivity index (χ3n) is 7.88. The van der Waals surface area contributed by atoms with Crippen LogP contribution in [0.3, 0.4) is 0 Å². The summed E-state index contributed by atoms with van der Waals surface area (Å²) in [5, 5.41) is 14.1. The number of nitro benzene ring substituents is 1. The lowest BCUT2D eigenvalue weighted by Crippen LogP contribution is -2.49. The summed E-state index contributed by atoms with van der Waals surface area (Å²) in [4.78, 5) is 61.2. The van der Waals surface area contributed by atoms with E-state index in [2.05, 4.69) is 15.3 Å². The summed E-state index contributed by atoms with van der Waals surface area (Å²) < 4.78 is 41.4. The van der Waals surface area contributed by atoms with Crippen molar-refractivity contribution in [3.63, 3.8) is 0 Å². The zero-order chi connectivity index (χ0) is 33.6. The van der Waals surface area contributed by atoms with E-state index in [1.807, 2.05) is 25.3 Å². The van der Waals surface area contributed by atoms with Gasteiger partial charge in [-0.05, 0) is 55.3 Å². The Morgan fingerprint density at radius 2 is 1.72 bits per heavy atom. The number of carbonyl (C=O) groups excluding carboxylic acids is 2. The van der Waals surface area contributed by atoms with E-state index >= 15 is 0 Å². The van der Waals surface area contributed by atoms with Crippen LogP contribution in [-0.4, -0.2) is 62.2 Å². The first-order valence-electron chi connectivity index (χ1n) is 14.4. The molecule has 0 saturated carbocycles. The number of nitro groups is 1. The van der Waals surface area contributed by atoms with Gasteiger partial charge < -0.3 is 15.1 Å². The summed E-state index contributed by atoms with van der Waals surface area (Å²) in [7, 11) is 0. The van der Waals surface area contributed by atoms with Crippen LogP contribution in [0, 0.1) is 24.0 Å². The number of imidazole rings is 1. The minimum atomic E-state index is -4.87. The molecule has 2 aromatic carbocycles. The van der Waals surface area contributed by atoms with E-state index in [9.17, 15) is 37.7 Å². The van der Waals surface area contributed by atoms with Gasteiger partial charge in [-0.3, -0.25) is 28.9 Å². The van der Waals surface area contributed by atoms with Crippen molar-refractivity contribution in [2.24, 2.45) is 0 Å². The molecular weight excluding hydrogens is 639 g/mol. The van der Waals surface area contributed by atoms with Crippen LogP contribution in [0.25, 0.3) is 15.7 Å². The molecule has 0 spiro atoms. The Balaban J connectivity index is 1.10. The second-order valence-electron chi connectivity index (χ2n) is 11.1. The van der Waals surface area contributed by atoms with E-state index < -0.39 is 33.3 Å². The lowest BCUT2D eigenvalue weighted by atomic mass is 10.1. The molecule has 5 aromatic rings. The third-order valence-corrected chi connectivity index (χ3v) is 9.04. The molecule has 0 bridgehead atoms. The van der Waals surface area contributed by atoms with Gasteiger partial charge in [0.1, 0.15) is 16.0 Å². The first kappa shape index (κ1) is 31.6. The average molecular weight is 666 g/mol. The Morgan fingerprint density at radius 3 is 2.38 bits per heavy atom. The topological polar surface area (TPSA) is 143 Å². The van der Waals surface area contributed by atoms with Gasteiger partial charge in [0.2, 0.25) is 0 Å². The molecule has 1 N–H and O–H groups in total. The number of benzene rings is 2. The van der Waals surface area contributed by atoms with Crippen molar-refractivity contribution >= 4 is 49.7 Å². The molecule has 12 nitrogen and oxygen atoms in total. The number of aromatic nitrogens is 3. The number of aryl methyl sites for hydroxylation is 2. The zero-order valence-electron chi connectivity index (χ0n) is 25.0. The maximum Gasteiger partial charge on any atom is 0.416 e. The van der Waals surface area contributed by atoms with Crippen molar-refractivity contribution in [1.29, 1.82) is 0 Å². The molecular formula is C31H26F3N7O5S. The molecule has 0 unspecified atom stereocenters. The van der Waals surface area contributed by atoms with E-state index in [4.69, 9.17) is 0 Å². The molecule has 1 fully saturated rings. The summed E-state index contributed by atoms with van der Waals surface area (Å²) in [5.41, 5.74) is 0.891. The number of nitrogens with one attached hydrogen (secondary N) is 1. The quantitative estimate of drug-likeness (QED) is 0.203. The molecule has 0 aliphatic carbocycles. The molecule has 47 heavy (non-hydrogen) atoms. The van der Waals surface area contributed by atoms with Crippen LogP contribution in [0.15, 0.2) is 59.5 Å². The van der Waals surface area contributed by atoms with Crippen molar-refractivity contribution in [2.75, 3.05) is 31.1 Å². The number of piperazine rings is 1. The number of fused-ring (bicyclic) bond motifs is 2. The fraction of sp³-hybridized carbons (Fsp3) is 0.258. The molecule has 0 atom stereocenters. The van der Waals surface area contributed by atoms with Crippen LogP contribution in [0.1, 0.15) is 43.2 Å². The van der Waals surface area contributed by atoms with E-state index in [0.29, 0.717) is 34.7 Å². The fourth-order valence-corrected chi connectivity index (χ4v) is 6.54. The number of hydrogen-bond donors (Lipinski definition) is 1. The van der Waals surface area contributed by atoms with Crippen molar-refractivity contribution in [2.45, 2.75) is 26.6 Å². The minimum absolute atomic E-state index is 0.123. The third kappa shape index (κ3) is 6.23. The Labute approximate surface area is 268 Å². The average Bonchev–Trinajstić information content (AvgIpc) is 3.37. The highest BCUT2D eigenvalue weighted by Gasteiger charge is 2.34. The summed E-state index contributed by atoms with van der Waals surface area (Å²) in [6.07, 6.45) is -3.06. The first-order valence-corrected chi connectivity index (χ1v) is 15.2. The molecule has 4 heterocycles. The maximum absolute atomic E-state index is 13.3. The number of alkyl halides is 3. The van der Waals surface area contributed by atoms with Crippen molar-refractivity contribution in [3.05, 3.63) is 109 Å². The largest absolute Gasteiger partial charge is 0.416 e. The Bertz CT molecular complexity index is 2120. The van der Waals surface area contributed by atoms with Gasteiger partial charge in [-0.1, -0.05) is 23.5 Å². The number of carbonyl (C=O) groups is 2. The monoisotopic (exact) mass is 665 g/mol. The van der Waals surface area contributed by atoms with Gasteiger partial charge in [-0.2, -0.15) is 18.2 Å². The van der Waals surface area contributed by atoms with Crippen molar-refractivity contribution < 1.29 is 27.7 Å². The molecule has 1 aliphatic heterocycles. The van der Waals surface area contributed by atoms with Gasteiger partial charge in [-0.25, -0.2) is 4.98 Å². The van der Waals surface area contributed by atoms with Crippen LogP contribution < -0.4 is 15.8 Å². The van der Waals surface area contributed by atoms with Gasteiger partial charge in [0.15, 0.2) is 5.13 Å². The van der Waals surface area contributed by atoms with E-state index in [1.165, 1.54) is 0 Å². The van der Waals surface area contributed by atoms with Gasteiger partial charge >= 0.3 is 6.18 Å². The van der Waals surface area contributed by atoms with E-state index in [-0.39, 0.29) is 54.4 Å². The highest BCUT2D eigenvalue weighted by atomic mass is 32.1. The summed E-state index contributed by atoms with van der Waals surface area (Å²) in [6.45, 7) is 4.98. The Hall–Kier alpha value is -5.38. The van der Waals surface area contributed by atoms with Crippen molar-refractivity contribution in [3.8, 4) is 0 Å². The van der Waals surface area contributed by atoms with Crippen LogP contribution >= 0.6 is 11.3 Å². The summed E-state index contributed by atoms with van der Waals surface area (Å²) in [5.74, 6) is -0.504. The number of hydrogen-bond acceptors (Lipinski definition) is 9. The zero-order valence-corrected chi connectivity index (χ0v) is 25.8. The number of nitrogens with zero attached hydrogens (tertiary/aromatic N) is 6. The van der Waals surface area contributed by atoms with Gasteiger partial charge in [0.25, 0.3) is 23.1 Å². The second kappa shape index (κ2) is 12.1. The Kier molecular flexibility index (Phi) is 8.13. The van der Waals surface area contributed by atoms with Crippen molar-refractivity contribution in [1.82, 2.24) is 24.6 Å². The molecule has 2 amide bonds. The number of anilines is 1. The Morgan fingerprint density at radius 1 is 1.02 bits per heavy atom. The van der Waals surface area contributed by atoms with Gasteiger partial charge in [0, 0.05) is 50.6 Å². The highest BCUT2D eigenvalue weighted by Crippen LogP contribution is 2.38. The normalized spacial score (nSPS) is 13.7. The number of amides is 2. The molecule has 16 heteroatoms. The van der Waals surface area contributed by atoms with E-state index in [1.54, 1.807) is 45.4 Å². The van der Waals surface area contributed by atoms with Crippen LogP contribution in [-0.2, 0) is 12.7 Å². The van der Waals surface area contributed by atoms with Crippen LogP contribution in [0.2, 0.25) is 0 Å².